The number of carbonyl (C=O) groups excluding carboxylic acids is 1. The van der Waals surface area contributed by atoms with Gasteiger partial charge in [0.05, 0.1) is 6.10 Å². The molecule has 5 nitrogen and oxygen atoms in total. The fourth-order valence-corrected chi connectivity index (χ4v) is 7.37. The van der Waals surface area contributed by atoms with E-state index < -0.39 is 0 Å². The van der Waals surface area contributed by atoms with Gasteiger partial charge in [0.1, 0.15) is 0 Å². The molecule has 3 saturated carbocycles. The predicted molar refractivity (Wildman–Crippen MR) is 128 cm³/mol. The number of hydrogen-bond acceptors (Lipinski definition) is 3. The highest BCUT2D eigenvalue weighted by Crippen LogP contribution is 2.63. The van der Waals surface area contributed by atoms with Crippen LogP contribution in [0.5, 0.6) is 0 Å². The van der Waals surface area contributed by atoms with Crippen LogP contribution in [0.4, 0.5) is 10.5 Å². The highest BCUT2D eigenvalue weighted by atomic mass is 16.3. The van der Waals surface area contributed by atoms with Crippen molar-refractivity contribution in [3.8, 4) is 0 Å². The van der Waals surface area contributed by atoms with Crippen molar-refractivity contribution in [3.05, 3.63) is 42.5 Å². The molecule has 1 aromatic rings. The zero-order valence-electron chi connectivity index (χ0n) is 19.6. The van der Waals surface area contributed by atoms with E-state index in [1.807, 2.05) is 30.3 Å². The second kappa shape index (κ2) is 9.18. The maximum absolute atomic E-state index is 12.7. The van der Waals surface area contributed by atoms with E-state index in [9.17, 15) is 15.0 Å². The quantitative estimate of drug-likeness (QED) is 0.488. The Kier molecular flexibility index (Phi) is 6.69. The van der Waals surface area contributed by atoms with Crippen molar-refractivity contribution in [2.45, 2.75) is 64.9 Å². The van der Waals surface area contributed by atoms with Crippen LogP contribution in [-0.2, 0) is 0 Å². The number of amides is 2. The molecule has 7 unspecified atom stereocenters. The maximum atomic E-state index is 12.7. The summed E-state index contributed by atoms with van der Waals surface area (Å²) in [6.45, 7) is 9.87. The second-order valence-electron chi connectivity index (χ2n) is 11.0. The summed E-state index contributed by atoms with van der Waals surface area (Å²) in [7, 11) is 0. The Balaban J connectivity index is 1.55. The molecule has 1 aromatic carbocycles. The summed E-state index contributed by atoms with van der Waals surface area (Å²) >= 11 is 0. The summed E-state index contributed by atoms with van der Waals surface area (Å²) in [4.78, 5) is 12.7. The Morgan fingerprint density at radius 3 is 2.59 bits per heavy atom. The van der Waals surface area contributed by atoms with Crippen molar-refractivity contribution in [3.63, 3.8) is 0 Å². The molecule has 3 aliphatic rings. The molecule has 3 aliphatic carbocycles. The lowest BCUT2D eigenvalue weighted by Gasteiger charge is -2.56. The number of aliphatic hydroxyl groups excluding tert-OH is 2. The molecule has 7 atom stereocenters. The largest absolute Gasteiger partial charge is 0.396 e. The fraction of sp³-hybridized carbons (Fsp3) is 0.667. The number of fused-ring (bicyclic) bond motifs is 1. The van der Waals surface area contributed by atoms with Crippen LogP contribution in [0.3, 0.4) is 0 Å². The summed E-state index contributed by atoms with van der Waals surface area (Å²) in [5.41, 5.74) is 2.26. The SMILES string of the molecule is C=C1CCC2C(CNC(=O)Nc3ccccc3)C(C3(C)CCC(O)CC3CO)CCC12C. The number of aliphatic hydroxyl groups is 2. The lowest BCUT2D eigenvalue weighted by molar-refractivity contribution is -0.0927. The van der Waals surface area contributed by atoms with Gasteiger partial charge in [-0.25, -0.2) is 4.79 Å². The van der Waals surface area contributed by atoms with Crippen LogP contribution in [0.1, 0.15) is 58.8 Å². The topological polar surface area (TPSA) is 81.6 Å². The molecule has 0 heterocycles. The van der Waals surface area contributed by atoms with E-state index >= 15 is 0 Å². The minimum absolute atomic E-state index is 0.0263. The molecule has 0 spiro atoms. The highest BCUT2D eigenvalue weighted by Gasteiger charge is 2.56. The number of benzene rings is 1. The van der Waals surface area contributed by atoms with Crippen LogP contribution in [0.2, 0.25) is 0 Å². The molecule has 0 bridgehead atoms. The molecule has 4 N–H and O–H groups in total. The van der Waals surface area contributed by atoms with Crippen molar-refractivity contribution < 1.29 is 15.0 Å². The summed E-state index contributed by atoms with van der Waals surface area (Å²) in [6.07, 6.45) is 6.50. The van der Waals surface area contributed by atoms with Crippen LogP contribution in [0.25, 0.3) is 0 Å². The zero-order chi connectivity index (χ0) is 22.9. The minimum Gasteiger partial charge on any atom is -0.396 e. The Morgan fingerprint density at radius 1 is 1.12 bits per heavy atom. The summed E-state index contributed by atoms with van der Waals surface area (Å²) in [5.74, 6) is 1.34. The lowest BCUT2D eigenvalue weighted by Crippen LogP contribution is -2.53. The number of rotatable bonds is 5. The fourth-order valence-electron chi connectivity index (χ4n) is 7.37. The molecule has 0 aromatic heterocycles. The van der Waals surface area contributed by atoms with E-state index in [1.165, 1.54) is 5.57 Å². The standard InChI is InChI=1S/C27H40N2O3/c1-18-9-10-23-22(16-28-25(32)29-20-7-5-4-6-8-20)24(12-14-26(18,23)2)27(3)13-11-21(31)15-19(27)17-30/h4-8,19,21-24,30-31H,1,9-17H2,2-3H3,(H2,28,29,32). The molecule has 32 heavy (non-hydrogen) atoms. The van der Waals surface area contributed by atoms with Crippen molar-refractivity contribution in [1.29, 1.82) is 0 Å². The predicted octanol–water partition coefficient (Wildman–Crippen LogP) is 4.97. The minimum atomic E-state index is -0.312. The molecular formula is C27H40N2O3. The van der Waals surface area contributed by atoms with Gasteiger partial charge >= 0.3 is 6.03 Å². The molecule has 0 aliphatic heterocycles. The third kappa shape index (κ3) is 4.22. The average Bonchev–Trinajstić information content (AvgIpc) is 3.09. The van der Waals surface area contributed by atoms with Gasteiger partial charge in [0, 0.05) is 18.8 Å². The molecule has 0 radical (unpaired) electrons. The first-order chi connectivity index (χ1) is 15.3. The van der Waals surface area contributed by atoms with E-state index in [1.54, 1.807) is 0 Å². The van der Waals surface area contributed by atoms with Gasteiger partial charge in [-0.1, -0.05) is 44.2 Å². The first kappa shape index (κ1) is 23.3. The average molecular weight is 441 g/mol. The Morgan fingerprint density at radius 2 is 1.88 bits per heavy atom. The van der Waals surface area contributed by atoms with Gasteiger partial charge < -0.3 is 20.8 Å². The van der Waals surface area contributed by atoms with Gasteiger partial charge in [-0.15, -0.1) is 0 Å². The number of carbonyl (C=O) groups is 1. The van der Waals surface area contributed by atoms with Crippen molar-refractivity contribution >= 4 is 11.7 Å². The van der Waals surface area contributed by atoms with Gasteiger partial charge in [0.15, 0.2) is 0 Å². The van der Waals surface area contributed by atoms with Crippen LogP contribution in [-0.4, -0.2) is 35.5 Å². The molecular weight excluding hydrogens is 400 g/mol. The molecule has 5 heteroatoms. The van der Waals surface area contributed by atoms with E-state index in [-0.39, 0.29) is 35.5 Å². The highest BCUT2D eigenvalue weighted by molar-refractivity contribution is 5.89. The van der Waals surface area contributed by atoms with Crippen molar-refractivity contribution in [2.24, 2.45) is 34.5 Å². The molecule has 176 valence electrons. The van der Waals surface area contributed by atoms with Crippen LogP contribution in [0, 0.1) is 34.5 Å². The number of para-hydroxylation sites is 1. The smallest absolute Gasteiger partial charge is 0.319 e. The Labute approximate surface area is 192 Å². The van der Waals surface area contributed by atoms with Crippen LogP contribution < -0.4 is 10.6 Å². The van der Waals surface area contributed by atoms with Crippen LogP contribution >= 0.6 is 0 Å². The van der Waals surface area contributed by atoms with Gasteiger partial charge in [0.25, 0.3) is 0 Å². The number of anilines is 1. The van der Waals surface area contributed by atoms with Gasteiger partial charge in [-0.2, -0.15) is 0 Å². The lowest BCUT2D eigenvalue weighted by atomic mass is 9.49. The first-order valence-corrected chi connectivity index (χ1v) is 12.3. The second-order valence-corrected chi connectivity index (χ2v) is 11.0. The third-order valence-electron chi connectivity index (χ3n) is 9.49. The number of nitrogens with one attached hydrogen (secondary N) is 2. The first-order valence-electron chi connectivity index (χ1n) is 12.3. The van der Waals surface area contributed by atoms with E-state index in [0.717, 1.165) is 44.2 Å². The Bertz CT molecular complexity index is 827. The third-order valence-corrected chi connectivity index (χ3v) is 9.49. The molecule has 0 saturated heterocycles. The van der Waals surface area contributed by atoms with E-state index in [0.29, 0.717) is 30.7 Å². The molecule has 3 fully saturated rings. The summed E-state index contributed by atoms with van der Waals surface area (Å²) in [6, 6.07) is 9.37. The van der Waals surface area contributed by atoms with Crippen molar-refractivity contribution in [2.75, 3.05) is 18.5 Å². The van der Waals surface area contributed by atoms with Gasteiger partial charge in [-0.05, 0) is 91.6 Å². The van der Waals surface area contributed by atoms with Gasteiger partial charge in [0.2, 0.25) is 0 Å². The monoisotopic (exact) mass is 440 g/mol. The van der Waals surface area contributed by atoms with E-state index in [2.05, 4.69) is 31.1 Å². The normalized spacial score (nSPS) is 39.4. The van der Waals surface area contributed by atoms with Gasteiger partial charge in [-0.3, -0.25) is 0 Å². The molecule has 4 rings (SSSR count). The summed E-state index contributed by atoms with van der Waals surface area (Å²) in [5, 5.41) is 26.6. The maximum Gasteiger partial charge on any atom is 0.319 e. The number of hydrogen-bond donors (Lipinski definition) is 4. The molecule has 2 amide bonds. The number of allylic oxidation sites excluding steroid dienone is 1. The van der Waals surface area contributed by atoms with Crippen molar-refractivity contribution in [1.82, 2.24) is 5.32 Å². The zero-order valence-corrected chi connectivity index (χ0v) is 19.6. The Hall–Kier alpha value is -1.85. The van der Waals surface area contributed by atoms with Crippen LogP contribution in [0.15, 0.2) is 42.5 Å². The van der Waals surface area contributed by atoms with E-state index in [4.69, 9.17) is 0 Å². The summed E-state index contributed by atoms with van der Waals surface area (Å²) < 4.78 is 0. The number of urea groups is 1.